The zero-order chi connectivity index (χ0) is 21.7. The van der Waals surface area contributed by atoms with Crippen molar-refractivity contribution in [2.45, 2.75) is 13.5 Å². The zero-order valence-electron chi connectivity index (χ0n) is 16.0. The summed E-state index contributed by atoms with van der Waals surface area (Å²) in [4.78, 5) is 31.4. The number of pyridine rings is 2. The van der Waals surface area contributed by atoms with E-state index < -0.39 is 21.9 Å². The van der Waals surface area contributed by atoms with Crippen molar-refractivity contribution in [3.63, 3.8) is 0 Å². The molecule has 0 atom stereocenters. The number of H-pyrrole nitrogens is 1. The quantitative estimate of drug-likeness (QED) is 0.461. The number of anilines is 1. The van der Waals surface area contributed by atoms with E-state index in [1.165, 1.54) is 18.5 Å². The molecule has 30 heavy (non-hydrogen) atoms. The summed E-state index contributed by atoms with van der Waals surface area (Å²) in [5, 5.41) is 11.1. The number of carbonyl (C=O) groups excluding carboxylic acids is 1. The van der Waals surface area contributed by atoms with E-state index in [2.05, 4.69) is 30.8 Å². The van der Waals surface area contributed by atoms with Crippen molar-refractivity contribution >= 4 is 22.0 Å². The molecule has 0 aliphatic heterocycles. The van der Waals surface area contributed by atoms with E-state index in [-0.39, 0.29) is 18.3 Å². The maximum atomic E-state index is 11.8. The Morgan fingerprint density at radius 2 is 2.10 bits per heavy atom. The number of aromatic nitrogens is 4. The van der Waals surface area contributed by atoms with Crippen LogP contribution in [0.15, 0.2) is 39.8 Å². The number of hydrogen-bond donors (Lipinski definition) is 3. The van der Waals surface area contributed by atoms with Gasteiger partial charge < -0.3 is 9.73 Å². The van der Waals surface area contributed by atoms with Gasteiger partial charge in [-0.15, -0.1) is 5.10 Å². The van der Waals surface area contributed by atoms with Gasteiger partial charge in [0.1, 0.15) is 5.82 Å². The minimum atomic E-state index is -3.72. The predicted octanol–water partition coefficient (Wildman–Crippen LogP) is 1.10. The molecule has 12 nitrogen and oxygen atoms in total. The van der Waals surface area contributed by atoms with Crippen molar-refractivity contribution in [1.82, 2.24) is 25.5 Å². The Hall–Kier alpha value is -3.58. The van der Waals surface area contributed by atoms with Crippen molar-refractivity contribution in [2.75, 3.05) is 18.1 Å². The fraction of sp³-hybridized carbons (Fsp3) is 0.235. The van der Waals surface area contributed by atoms with Gasteiger partial charge in [-0.05, 0) is 30.7 Å². The van der Waals surface area contributed by atoms with Crippen LogP contribution in [0.4, 0.5) is 10.6 Å². The number of nitrogens with zero attached hydrogens (tertiary/aromatic N) is 3. The molecule has 0 fully saturated rings. The largest absolute Gasteiger partial charge is 0.434 e. The number of urea groups is 1. The van der Waals surface area contributed by atoms with Crippen molar-refractivity contribution < 1.29 is 21.8 Å². The van der Waals surface area contributed by atoms with Crippen molar-refractivity contribution in [1.29, 1.82) is 0 Å². The van der Waals surface area contributed by atoms with Crippen LogP contribution in [0.2, 0.25) is 0 Å². The Kier molecular flexibility index (Phi) is 6.23. The lowest BCUT2D eigenvalue weighted by molar-refractivity contribution is 0.252. The van der Waals surface area contributed by atoms with Crippen LogP contribution < -0.4 is 16.4 Å². The first-order chi connectivity index (χ1) is 14.2. The predicted molar refractivity (Wildman–Crippen MR) is 106 cm³/mol. The van der Waals surface area contributed by atoms with Gasteiger partial charge in [0, 0.05) is 30.1 Å². The Morgan fingerprint density at radius 1 is 1.30 bits per heavy atom. The monoisotopic (exact) mass is 434 g/mol. The fourth-order valence-corrected chi connectivity index (χ4v) is 2.81. The van der Waals surface area contributed by atoms with Gasteiger partial charge in [-0.25, -0.2) is 19.7 Å². The molecular formula is C17H18N6O6S. The third kappa shape index (κ3) is 5.48. The van der Waals surface area contributed by atoms with E-state index in [4.69, 9.17) is 8.60 Å². The van der Waals surface area contributed by atoms with Gasteiger partial charge in [0.2, 0.25) is 5.89 Å². The highest BCUT2D eigenvalue weighted by molar-refractivity contribution is 7.85. The van der Waals surface area contributed by atoms with Crippen LogP contribution in [0, 0.1) is 0 Å². The number of carbonyl (C=O) groups is 1. The third-order valence-corrected chi connectivity index (χ3v) is 4.26. The highest BCUT2D eigenvalue weighted by Crippen LogP contribution is 2.27. The van der Waals surface area contributed by atoms with Gasteiger partial charge in [0.25, 0.3) is 10.1 Å². The molecule has 0 unspecified atom stereocenters. The number of nitrogens with one attached hydrogen (secondary N) is 3. The summed E-state index contributed by atoms with van der Waals surface area (Å²) >= 11 is 0. The minimum Gasteiger partial charge on any atom is -0.388 e. The molecule has 0 saturated carbocycles. The lowest BCUT2D eigenvalue weighted by atomic mass is 10.1. The van der Waals surface area contributed by atoms with Gasteiger partial charge >= 0.3 is 11.8 Å². The number of rotatable bonds is 7. The van der Waals surface area contributed by atoms with Gasteiger partial charge in [0.15, 0.2) is 0 Å². The maximum absolute atomic E-state index is 11.8. The lowest BCUT2D eigenvalue weighted by Gasteiger charge is -2.12. The van der Waals surface area contributed by atoms with Crippen molar-refractivity contribution in [3.8, 4) is 22.7 Å². The highest BCUT2D eigenvalue weighted by Gasteiger charge is 2.15. The summed E-state index contributed by atoms with van der Waals surface area (Å²) in [5.74, 6) is -0.431. The van der Waals surface area contributed by atoms with E-state index >= 15 is 0 Å². The third-order valence-electron chi connectivity index (χ3n) is 3.72. The highest BCUT2D eigenvalue weighted by atomic mass is 32.2. The summed E-state index contributed by atoms with van der Waals surface area (Å²) in [6.45, 7) is 1.89. The van der Waals surface area contributed by atoms with E-state index in [1.54, 1.807) is 19.1 Å². The van der Waals surface area contributed by atoms with Crippen LogP contribution in [0.25, 0.3) is 22.7 Å². The molecule has 2 amide bonds. The van der Waals surface area contributed by atoms with Crippen LogP contribution in [0.3, 0.4) is 0 Å². The molecule has 13 heteroatoms. The van der Waals surface area contributed by atoms with Crippen LogP contribution in [-0.4, -0.2) is 47.4 Å². The molecule has 3 N–H and O–H groups in total. The molecule has 3 aromatic heterocycles. The summed E-state index contributed by atoms with van der Waals surface area (Å²) in [7, 11) is -3.72. The molecule has 0 radical (unpaired) electrons. The minimum absolute atomic E-state index is 0.0695. The second kappa shape index (κ2) is 8.84. The molecule has 0 aliphatic carbocycles. The zero-order valence-corrected chi connectivity index (χ0v) is 16.8. The first-order valence-corrected chi connectivity index (χ1v) is 10.5. The molecule has 0 spiro atoms. The number of amides is 2. The average Bonchev–Trinajstić information content (AvgIpc) is 3.13. The van der Waals surface area contributed by atoms with Crippen LogP contribution >= 0.6 is 0 Å². The van der Waals surface area contributed by atoms with Gasteiger partial charge in [-0.3, -0.25) is 14.5 Å². The molecule has 0 aliphatic rings. The van der Waals surface area contributed by atoms with Gasteiger partial charge in [-0.1, -0.05) is 0 Å². The first kappa shape index (κ1) is 21.1. The standard InChI is InChI=1S/C17H18N6O6S/c1-3-18-16(24)21-14-7-11(9-28-30(2,26)27)12(8-20-14)13-6-10(4-5-19-13)15-22-23-17(25)29-15/h4-8H,3,9H2,1-2H3,(H,23,25)(H2,18,20,21,24). The van der Waals surface area contributed by atoms with Crippen molar-refractivity contribution in [2.24, 2.45) is 0 Å². The second-order valence-electron chi connectivity index (χ2n) is 6.03. The first-order valence-electron chi connectivity index (χ1n) is 8.65. The van der Waals surface area contributed by atoms with E-state index in [0.717, 1.165) is 6.26 Å². The molecule has 3 heterocycles. The Morgan fingerprint density at radius 3 is 2.77 bits per heavy atom. The Labute approximate surface area is 170 Å². The summed E-state index contributed by atoms with van der Waals surface area (Å²) in [6, 6.07) is 4.21. The van der Waals surface area contributed by atoms with Gasteiger partial charge in [0.05, 0.1) is 18.6 Å². The maximum Gasteiger partial charge on any atom is 0.434 e. The fourth-order valence-electron chi connectivity index (χ4n) is 2.47. The van der Waals surface area contributed by atoms with E-state index in [9.17, 15) is 18.0 Å². The van der Waals surface area contributed by atoms with Crippen molar-refractivity contribution in [3.05, 3.63) is 46.7 Å². The van der Waals surface area contributed by atoms with E-state index in [1.807, 2.05) is 0 Å². The number of aromatic amines is 1. The van der Waals surface area contributed by atoms with Gasteiger partial charge in [-0.2, -0.15) is 8.42 Å². The molecular weight excluding hydrogens is 416 g/mol. The average molecular weight is 434 g/mol. The normalized spacial score (nSPS) is 11.3. The van der Waals surface area contributed by atoms with Crippen LogP contribution in [0.5, 0.6) is 0 Å². The van der Waals surface area contributed by atoms with Crippen LogP contribution in [-0.2, 0) is 20.9 Å². The van der Waals surface area contributed by atoms with E-state index in [0.29, 0.717) is 28.9 Å². The SMILES string of the molecule is CCNC(=O)Nc1cc(COS(C)(=O)=O)c(-c2cc(-c3n[nH]c(=O)o3)ccn2)cn1. The second-order valence-corrected chi connectivity index (χ2v) is 7.67. The number of hydrogen-bond acceptors (Lipinski definition) is 9. The molecule has 3 rings (SSSR count). The smallest absolute Gasteiger partial charge is 0.388 e. The van der Waals surface area contributed by atoms with Crippen LogP contribution in [0.1, 0.15) is 12.5 Å². The molecule has 158 valence electrons. The Bertz CT molecular complexity index is 1220. The molecule has 0 bridgehead atoms. The topological polar surface area (TPSA) is 169 Å². The lowest BCUT2D eigenvalue weighted by Crippen LogP contribution is -2.28. The Balaban J connectivity index is 2.00. The molecule has 3 aromatic rings. The summed E-state index contributed by atoms with van der Waals surface area (Å²) < 4.78 is 32.8. The summed E-state index contributed by atoms with van der Waals surface area (Å²) in [6.07, 6.45) is 3.83. The molecule has 0 saturated heterocycles. The summed E-state index contributed by atoms with van der Waals surface area (Å²) in [5.41, 5.74) is 1.75. The molecule has 0 aromatic carbocycles.